The zero-order valence-electron chi connectivity index (χ0n) is 15.7. The molecule has 0 amide bonds. The van der Waals surface area contributed by atoms with E-state index in [9.17, 15) is 0 Å². The average molecular weight is 371 g/mol. The van der Waals surface area contributed by atoms with Crippen LogP contribution in [-0.4, -0.2) is 4.98 Å². The molecule has 136 valence electrons. The van der Waals surface area contributed by atoms with Crippen molar-refractivity contribution in [2.24, 2.45) is 0 Å². The normalized spacial score (nSPS) is 11.7. The molecule has 0 atom stereocenters. The Hall–Kier alpha value is -3.91. The van der Waals surface area contributed by atoms with Crippen LogP contribution < -0.4 is 4.74 Å². The first-order valence-corrected chi connectivity index (χ1v) is 9.74. The van der Waals surface area contributed by atoms with Gasteiger partial charge in [0.05, 0.1) is 11.2 Å². The zero-order valence-corrected chi connectivity index (χ0v) is 15.7. The number of benzene rings is 4. The van der Waals surface area contributed by atoms with Crippen LogP contribution in [-0.2, 0) is 0 Å². The molecule has 0 bridgehead atoms. The second kappa shape index (κ2) is 6.32. The maximum absolute atomic E-state index is 6.41. The van der Waals surface area contributed by atoms with Gasteiger partial charge in [-0.1, -0.05) is 72.8 Å². The molecule has 0 fully saturated rings. The van der Waals surface area contributed by atoms with Gasteiger partial charge in [0.2, 0.25) is 0 Å². The molecule has 4 aromatic carbocycles. The Balaban J connectivity index is 1.55. The largest absolute Gasteiger partial charge is 0.456 e. The van der Waals surface area contributed by atoms with Gasteiger partial charge in [0.1, 0.15) is 11.5 Å². The van der Waals surface area contributed by atoms with Crippen molar-refractivity contribution >= 4 is 10.9 Å². The fraction of sp³-hybridized carbons (Fsp3) is 0. The van der Waals surface area contributed by atoms with Gasteiger partial charge in [-0.25, -0.2) is 4.98 Å². The maximum Gasteiger partial charge on any atom is 0.135 e. The summed E-state index contributed by atoms with van der Waals surface area (Å²) in [5.74, 6) is 1.73. The van der Waals surface area contributed by atoms with Crippen LogP contribution >= 0.6 is 0 Å². The molecule has 0 aliphatic carbocycles. The van der Waals surface area contributed by atoms with Crippen LogP contribution in [0.1, 0.15) is 0 Å². The van der Waals surface area contributed by atoms with E-state index in [1.54, 1.807) is 0 Å². The summed E-state index contributed by atoms with van der Waals surface area (Å²) in [6.45, 7) is 0. The topological polar surface area (TPSA) is 22.1 Å². The second-order valence-electron chi connectivity index (χ2n) is 7.24. The van der Waals surface area contributed by atoms with Crippen molar-refractivity contribution in [2.45, 2.75) is 0 Å². The number of pyridine rings is 1. The highest BCUT2D eigenvalue weighted by molar-refractivity contribution is 5.91. The molecule has 6 rings (SSSR count). The van der Waals surface area contributed by atoms with Crippen molar-refractivity contribution in [3.05, 3.63) is 103 Å². The number of hydrogen-bond donors (Lipinski definition) is 0. The van der Waals surface area contributed by atoms with Gasteiger partial charge in [0, 0.05) is 22.1 Å². The van der Waals surface area contributed by atoms with E-state index in [2.05, 4.69) is 72.8 Å². The van der Waals surface area contributed by atoms with Crippen molar-refractivity contribution in [2.75, 3.05) is 0 Å². The number of fused-ring (bicyclic) bond motifs is 6. The van der Waals surface area contributed by atoms with E-state index < -0.39 is 0 Å². The molecule has 2 heterocycles. The Morgan fingerprint density at radius 2 is 1.21 bits per heavy atom. The molecule has 29 heavy (non-hydrogen) atoms. The van der Waals surface area contributed by atoms with Gasteiger partial charge in [-0.15, -0.1) is 0 Å². The summed E-state index contributed by atoms with van der Waals surface area (Å²) in [4.78, 5) is 4.85. The molecule has 0 saturated heterocycles. The highest BCUT2D eigenvalue weighted by Crippen LogP contribution is 2.47. The van der Waals surface area contributed by atoms with E-state index in [0.717, 1.165) is 44.8 Å². The molecule has 0 N–H and O–H groups in total. The van der Waals surface area contributed by atoms with Gasteiger partial charge >= 0.3 is 0 Å². The summed E-state index contributed by atoms with van der Waals surface area (Å²) < 4.78 is 6.41. The molecule has 5 aromatic rings. The molecule has 2 nitrogen and oxygen atoms in total. The van der Waals surface area contributed by atoms with Crippen molar-refractivity contribution < 1.29 is 4.74 Å². The minimum atomic E-state index is 0.856. The molecule has 0 unspecified atom stereocenters. The number of rotatable bonds is 1. The van der Waals surface area contributed by atoms with E-state index >= 15 is 0 Å². The number of aromatic nitrogens is 1. The predicted octanol–water partition coefficient (Wildman–Crippen LogP) is 7.34. The second-order valence-corrected chi connectivity index (χ2v) is 7.24. The first-order valence-electron chi connectivity index (χ1n) is 9.74. The SMILES string of the molecule is c1ccc2c(c1)Oc1cc(-c3ccc4ccccc4n3)ccc1-c1ccccc1-2. The van der Waals surface area contributed by atoms with E-state index in [-0.39, 0.29) is 0 Å². The maximum atomic E-state index is 6.41. The van der Waals surface area contributed by atoms with Gasteiger partial charge in [-0.2, -0.15) is 0 Å². The third-order valence-corrected chi connectivity index (χ3v) is 5.49. The first kappa shape index (κ1) is 16.1. The minimum absolute atomic E-state index is 0.856. The fourth-order valence-electron chi connectivity index (χ4n) is 4.06. The van der Waals surface area contributed by atoms with Gasteiger partial charge in [0.15, 0.2) is 0 Å². The van der Waals surface area contributed by atoms with Crippen LogP contribution in [0.25, 0.3) is 44.4 Å². The number of para-hydroxylation sites is 2. The zero-order chi connectivity index (χ0) is 19.2. The molecule has 0 radical (unpaired) electrons. The smallest absolute Gasteiger partial charge is 0.135 e. The Labute approximate surface area is 169 Å². The molecule has 1 aliphatic rings. The van der Waals surface area contributed by atoms with E-state index in [1.165, 1.54) is 11.1 Å². The third kappa shape index (κ3) is 2.61. The Morgan fingerprint density at radius 3 is 2.07 bits per heavy atom. The molecular formula is C27H17NO. The molecule has 0 saturated carbocycles. The van der Waals surface area contributed by atoms with Crippen molar-refractivity contribution in [1.29, 1.82) is 0 Å². The summed E-state index contributed by atoms with van der Waals surface area (Å²) >= 11 is 0. The number of hydrogen-bond acceptors (Lipinski definition) is 2. The molecule has 1 aromatic heterocycles. The van der Waals surface area contributed by atoms with Crippen LogP contribution in [0, 0.1) is 0 Å². The van der Waals surface area contributed by atoms with Crippen molar-refractivity contribution in [3.63, 3.8) is 0 Å². The molecular weight excluding hydrogens is 354 g/mol. The van der Waals surface area contributed by atoms with Crippen LogP contribution in [0.5, 0.6) is 11.5 Å². The summed E-state index contributed by atoms with van der Waals surface area (Å²) in [7, 11) is 0. The summed E-state index contributed by atoms with van der Waals surface area (Å²) in [5.41, 5.74) is 7.58. The Kier molecular flexibility index (Phi) is 3.50. The first-order chi connectivity index (χ1) is 14.4. The lowest BCUT2D eigenvalue weighted by Crippen LogP contribution is -1.89. The fourth-order valence-corrected chi connectivity index (χ4v) is 4.06. The highest BCUT2D eigenvalue weighted by Gasteiger charge is 2.20. The lowest BCUT2D eigenvalue weighted by atomic mass is 9.94. The van der Waals surface area contributed by atoms with Gasteiger partial charge < -0.3 is 4.74 Å². The lowest BCUT2D eigenvalue weighted by molar-refractivity contribution is 0.488. The van der Waals surface area contributed by atoms with Crippen LogP contribution in [0.3, 0.4) is 0 Å². The van der Waals surface area contributed by atoms with E-state index in [0.29, 0.717) is 0 Å². The summed E-state index contributed by atoms with van der Waals surface area (Å²) in [6.07, 6.45) is 0. The number of ether oxygens (including phenoxy) is 1. The lowest BCUT2D eigenvalue weighted by Gasteiger charge is -2.11. The standard InChI is InChI=1S/C27H17NO/c1-5-11-24-18(7-1)14-16-25(28-24)19-13-15-23-21-9-3-2-8-20(21)22-10-4-6-12-26(22)29-27(23)17-19/h1-17H. The van der Waals surface area contributed by atoms with Crippen molar-refractivity contribution in [3.8, 4) is 45.0 Å². The van der Waals surface area contributed by atoms with E-state index in [1.807, 2.05) is 30.3 Å². The van der Waals surface area contributed by atoms with Gasteiger partial charge in [0.25, 0.3) is 0 Å². The Morgan fingerprint density at radius 1 is 0.517 bits per heavy atom. The van der Waals surface area contributed by atoms with Crippen LogP contribution in [0.15, 0.2) is 103 Å². The van der Waals surface area contributed by atoms with Gasteiger partial charge in [-0.05, 0) is 41.5 Å². The monoisotopic (exact) mass is 371 g/mol. The highest BCUT2D eigenvalue weighted by atomic mass is 16.5. The minimum Gasteiger partial charge on any atom is -0.456 e. The van der Waals surface area contributed by atoms with E-state index in [4.69, 9.17) is 9.72 Å². The summed E-state index contributed by atoms with van der Waals surface area (Å²) in [5, 5.41) is 1.14. The predicted molar refractivity (Wildman–Crippen MR) is 118 cm³/mol. The molecule has 2 heteroatoms. The molecule has 0 spiro atoms. The summed E-state index contributed by atoms with van der Waals surface area (Å²) in [6, 6.07) is 35.4. The third-order valence-electron chi connectivity index (χ3n) is 5.49. The van der Waals surface area contributed by atoms with Crippen LogP contribution in [0.2, 0.25) is 0 Å². The van der Waals surface area contributed by atoms with Gasteiger partial charge in [-0.3, -0.25) is 0 Å². The quantitative estimate of drug-likeness (QED) is 0.302. The number of nitrogens with zero attached hydrogens (tertiary/aromatic N) is 1. The van der Waals surface area contributed by atoms with Crippen molar-refractivity contribution in [1.82, 2.24) is 4.98 Å². The average Bonchev–Trinajstić information content (AvgIpc) is 2.93. The molecule has 1 aliphatic heterocycles. The van der Waals surface area contributed by atoms with Crippen LogP contribution in [0.4, 0.5) is 0 Å². The Bertz CT molecular complexity index is 1390.